The van der Waals surface area contributed by atoms with Crippen LogP contribution in [0.25, 0.3) is 0 Å². The van der Waals surface area contributed by atoms with Crippen molar-refractivity contribution in [2.24, 2.45) is 5.41 Å². The number of hydrogen-bond donors (Lipinski definition) is 2. The van der Waals surface area contributed by atoms with Crippen molar-refractivity contribution in [2.75, 3.05) is 0 Å². The van der Waals surface area contributed by atoms with Gasteiger partial charge in [0.05, 0.1) is 5.56 Å². The molecule has 2 atom stereocenters. The summed E-state index contributed by atoms with van der Waals surface area (Å²) in [5.74, 6) is -1.95. The van der Waals surface area contributed by atoms with Crippen molar-refractivity contribution < 1.29 is 19.8 Å². The van der Waals surface area contributed by atoms with Crippen LogP contribution in [0.1, 0.15) is 35.7 Å². The highest BCUT2D eigenvalue weighted by atomic mass is 16.4. The molecule has 0 aliphatic heterocycles. The van der Waals surface area contributed by atoms with E-state index in [9.17, 15) is 14.7 Å². The first-order valence-corrected chi connectivity index (χ1v) is 6.29. The van der Waals surface area contributed by atoms with Crippen molar-refractivity contribution in [1.29, 1.82) is 0 Å². The van der Waals surface area contributed by atoms with Gasteiger partial charge in [0.25, 0.3) is 0 Å². The maximum Gasteiger partial charge on any atom is 0.335 e. The van der Waals surface area contributed by atoms with Crippen LogP contribution in [0.3, 0.4) is 0 Å². The highest BCUT2D eigenvalue weighted by molar-refractivity contribution is 5.88. The number of rotatable bonds is 3. The van der Waals surface area contributed by atoms with Crippen molar-refractivity contribution in [3.05, 3.63) is 59.2 Å². The lowest BCUT2D eigenvalue weighted by Crippen LogP contribution is -2.28. The Morgan fingerprint density at radius 1 is 1.25 bits per heavy atom. The van der Waals surface area contributed by atoms with Gasteiger partial charge in [0.15, 0.2) is 0 Å². The molecular weight excluding hydrogens is 256 g/mol. The molecule has 0 bridgehead atoms. The molecule has 4 nitrogen and oxygen atoms in total. The van der Waals surface area contributed by atoms with Crippen molar-refractivity contribution in [3.63, 3.8) is 0 Å². The van der Waals surface area contributed by atoms with Crippen molar-refractivity contribution in [1.82, 2.24) is 0 Å². The fourth-order valence-corrected chi connectivity index (χ4v) is 2.25. The first kappa shape index (κ1) is 14.1. The second-order valence-electron chi connectivity index (χ2n) is 5.17. The van der Waals surface area contributed by atoms with E-state index < -0.39 is 17.4 Å². The molecule has 20 heavy (non-hydrogen) atoms. The van der Waals surface area contributed by atoms with E-state index in [4.69, 9.17) is 5.11 Å². The molecule has 1 aromatic rings. The highest BCUT2D eigenvalue weighted by Gasteiger charge is 2.34. The highest BCUT2D eigenvalue weighted by Crippen LogP contribution is 2.37. The molecule has 0 saturated heterocycles. The van der Waals surface area contributed by atoms with Crippen molar-refractivity contribution >= 4 is 11.9 Å². The Bertz CT molecular complexity index is 627. The Hall–Kier alpha value is -2.36. The first-order chi connectivity index (χ1) is 9.34. The quantitative estimate of drug-likeness (QED) is 0.829. The lowest BCUT2D eigenvalue weighted by Gasteiger charge is -2.28. The molecule has 1 aliphatic carbocycles. The van der Waals surface area contributed by atoms with E-state index in [-0.39, 0.29) is 11.5 Å². The molecule has 1 aromatic carbocycles. The molecule has 4 heteroatoms. The standard InChI is InChI=1S/C16H16O4/c1-10-8-12(6-7-16(10,2)15(19)20)11-4-3-5-13(9-11)14(17)18/h3-9,12H,1-2H3,(H,17,18)(H,19,20). The predicted octanol–water partition coefficient (Wildman–Crippen LogP) is 3.08. The molecular formula is C16H16O4. The molecule has 1 aliphatic rings. The number of aliphatic carboxylic acids is 1. The first-order valence-electron chi connectivity index (χ1n) is 6.29. The number of carboxylic acids is 2. The molecule has 0 amide bonds. The largest absolute Gasteiger partial charge is 0.480 e. The third kappa shape index (κ3) is 2.37. The summed E-state index contributed by atoms with van der Waals surface area (Å²) >= 11 is 0. The summed E-state index contributed by atoms with van der Waals surface area (Å²) in [6, 6.07) is 6.69. The number of carboxylic acid groups (broad SMARTS) is 2. The second kappa shape index (κ2) is 4.96. The Kier molecular flexibility index (Phi) is 3.49. The van der Waals surface area contributed by atoms with E-state index in [0.717, 1.165) is 11.1 Å². The Balaban J connectivity index is 2.36. The molecule has 0 heterocycles. The number of allylic oxidation sites excluding steroid dienone is 2. The van der Waals surface area contributed by atoms with Gasteiger partial charge >= 0.3 is 11.9 Å². The molecule has 0 aromatic heterocycles. The lowest BCUT2D eigenvalue weighted by molar-refractivity contribution is -0.143. The van der Waals surface area contributed by atoms with Crippen LogP contribution in [0.15, 0.2) is 48.1 Å². The summed E-state index contributed by atoms with van der Waals surface area (Å²) in [5.41, 5.74) is 0.834. The minimum absolute atomic E-state index is 0.0956. The van der Waals surface area contributed by atoms with E-state index in [2.05, 4.69) is 0 Å². The Labute approximate surface area is 117 Å². The third-order valence-corrected chi connectivity index (χ3v) is 3.85. The van der Waals surface area contributed by atoms with Crippen LogP contribution in [0.4, 0.5) is 0 Å². The van der Waals surface area contributed by atoms with Gasteiger partial charge in [-0.15, -0.1) is 0 Å². The van der Waals surface area contributed by atoms with Gasteiger partial charge in [-0.05, 0) is 31.5 Å². The van der Waals surface area contributed by atoms with Crippen molar-refractivity contribution in [2.45, 2.75) is 19.8 Å². The number of hydrogen-bond acceptors (Lipinski definition) is 2. The van der Waals surface area contributed by atoms with Crippen LogP contribution in [0.5, 0.6) is 0 Å². The van der Waals surface area contributed by atoms with Gasteiger partial charge in [0, 0.05) is 5.92 Å². The molecule has 2 N–H and O–H groups in total. The summed E-state index contributed by atoms with van der Waals surface area (Å²) in [5, 5.41) is 18.3. The third-order valence-electron chi connectivity index (χ3n) is 3.85. The molecule has 104 valence electrons. The smallest absolute Gasteiger partial charge is 0.335 e. The number of benzene rings is 1. The topological polar surface area (TPSA) is 74.6 Å². The van der Waals surface area contributed by atoms with Crippen LogP contribution >= 0.6 is 0 Å². The summed E-state index contributed by atoms with van der Waals surface area (Å²) in [4.78, 5) is 22.3. The van der Waals surface area contributed by atoms with E-state index in [1.807, 2.05) is 18.2 Å². The van der Waals surface area contributed by atoms with Crippen LogP contribution in [-0.2, 0) is 4.79 Å². The lowest BCUT2D eigenvalue weighted by atomic mass is 9.75. The average molecular weight is 272 g/mol. The van der Waals surface area contributed by atoms with Gasteiger partial charge in [0.2, 0.25) is 0 Å². The maximum absolute atomic E-state index is 11.3. The minimum atomic E-state index is -0.985. The second-order valence-corrected chi connectivity index (χ2v) is 5.17. The molecule has 0 fully saturated rings. The van der Waals surface area contributed by atoms with Crippen LogP contribution in [-0.4, -0.2) is 22.2 Å². The predicted molar refractivity (Wildman–Crippen MR) is 74.8 cm³/mol. The van der Waals surface area contributed by atoms with Gasteiger partial charge in [-0.3, -0.25) is 4.79 Å². The minimum Gasteiger partial charge on any atom is -0.480 e. The van der Waals surface area contributed by atoms with E-state index in [1.165, 1.54) is 6.07 Å². The van der Waals surface area contributed by atoms with Crippen LogP contribution in [0.2, 0.25) is 0 Å². The molecule has 2 rings (SSSR count). The fraction of sp³-hybridized carbons (Fsp3) is 0.250. The molecule has 0 saturated carbocycles. The normalized spacial score (nSPS) is 25.1. The summed E-state index contributed by atoms with van der Waals surface area (Å²) in [6.45, 7) is 3.44. The molecule has 2 unspecified atom stereocenters. The van der Waals surface area contributed by atoms with Crippen LogP contribution in [0, 0.1) is 5.41 Å². The Morgan fingerprint density at radius 3 is 2.50 bits per heavy atom. The van der Waals surface area contributed by atoms with Gasteiger partial charge in [-0.25, -0.2) is 4.79 Å². The van der Waals surface area contributed by atoms with Gasteiger partial charge < -0.3 is 10.2 Å². The Morgan fingerprint density at radius 2 is 1.95 bits per heavy atom. The van der Waals surface area contributed by atoms with Gasteiger partial charge in [-0.1, -0.05) is 35.9 Å². The zero-order chi connectivity index (χ0) is 14.9. The number of aromatic carboxylic acids is 1. The monoisotopic (exact) mass is 272 g/mol. The van der Waals surface area contributed by atoms with E-state index in [1.54, 1.807) is 32.1 Å². The average Bonchev–Trinajstić information content (AvgIpc) is 2.41. The zero-order valence-electron chi connectivity index (χ0n) is 11.3. The van der Waals surface area contributed by atoms with Gasteiger partial charge in [-0.2, -0.15) is 0 Å². The molecule has 0 spiro atoms. The summed E-state index contributed by atoms with van der Waals surface area (Å²) in [7, 11) is 0. The zero-order valence-corrected chi connectivity index (χ0v) is 11.3. The van der Waals surface area contributed by atoms with E-state index in [0.29, 0.717) is 0 Å². The SMILES string of the molecule is CC1=CC(c2cccc(C(=O)O)c2)C=CC1(C)C(=O)O. The van der Waals surface area contributed by atoms with E-state index >= 15 is 0 Å². The summed E-state index contributed by atoms with van der Waals surface area (Å²) < 4.78 is 0. The van der Waals surface area contributed by atoms with Crippen LogP contribution < -0.4 is 0 Å². The number of carbonyl (C=O) groups is 2. The summed E-state index contributed by atoms with van der Waals surface area (Å²) in [6.07, 6.45) is 5.35. The van der Waals surface area contributed by atoms with Crippen molar-refractivity contribution in [3.8, 4) is 0 Å². The maximum atomic E-state index is 11.3. The molecule has 0 radical (unpaired) electrons. The fourth-order valence-electron chi connectivity index (χ4n) is 2.25. The van der Waals surface area contributed by atoms with Gasteiger partial charge in [0.1, 0.15) is 5.41 Å².